The number of aromatic amines is 1. The lowest BCUT2D eigenvalue weighted by molar-refractivity contribution is -0.269. The lowest BCUT2D eigenvalue weighted by Gasteiger charge is -2.75. The van der Waals surface area contributed by atoms with Gasteiger partial charge >= 0.3 is 0 Å². The van der Waals surface area contributed by atoms with Crippen LogP contribution in [-0.4, -0.2) is 68.5 Å². The molecule has 1 aromatic carbocycles. The van der Waals surface area contributed by atoms with Gasteiger partial charge < -0.3 is 29.2 Å². The maximum Gasteiger partial charge on any atom is 0.160 e. The van der Waals surface area contributed by atoms with Crippen LogP contribution in [0.25, 0.3) is 11.0 Å². The molecule has 2 saturated heterocycles. The van der Waals surface area contributed by atoms with E-state index in [2.05, 4.69) is 93.5 Å². The number of rotatable bonds is 8. The van der Waals surface area contributed by atoms with Crippen LogP contribution in [0, 0.1) is 73.9 Å². The Bertz CT molecular complexity index is 2900. The van der Waals surface area contributed by atoms with E-state index in [1.807, 2.05) is 0 Å². The number of hydrogen-bond acceptors (Lipinski definition) is 6. The molecular formula is C68H90N2O6. The summed E-state index contributed by atoms with van der Waals surface area (Å²) in [7, 11) is 0. The number of carbonyl (C=O) groups is 2. The normalized spacial score (nSPS) is 40.4. The molecule has 5 bridgehead atoms. The molecule has 12 unspecified atom stereocenters. The first kappa shape index (κ1) is 50.7. The number of benzene rings is 1. The molecule has 12 atom stereocenters. The van der Waals surface area contributed by atoms with E-state index in [0.29, 0.717) is 62.2 Å². The minimum absolute atomic E-state index is 0.0699. The number of hydrogen-bond donors (Lipinski definition) is 3. The molecule has 0 radical (unpaired) electrons. The van der Waals surface area contributed by atoms with Gasteiger partial charge in [-0.2, -0.15) is 0 Å². The third-order valence-electron chi connectivity index (χ3n) is 25.8. The van der Waals surface area contributed by atoms with E-state index in [4.69, 9.17) is 9.47 Å². The molecule has 8 heteroatoms. The van der Waals surface area contributed by atoms with Crippen LogP contribution in [0.3, 0.4) is 0 Å². The zero-order chi connectivity index (χ0) is 52.4. The van der Waals surface area contributed by atoms with Crippen LogP contribution >= 0.6 is 0 Å². The first-order valence-corrected chi connectivity index (χ1v) is 31.2. The average Bonchev–Trinajstić information content (AvgIpc) is 3.35. The van der Waals surface area contributed by atoms with Gasteiger partial charge in [0.15, 0.2) is 5.78 Å². The molecule has 8 aliphatic carbocycles. The standard InChI is InChI=1S/C68H90N2O6/c1-62(2)61(76-62)52(72)35-63(3)49-20-12-13-26-68-27-21-53-65(5,48-18-10-11-19-48)54(73)37-67(24-14-15-25-67)66(53,6)60(68)59(74)50(55-56(63)51(71)36-64(55,68)4)40-70-39-47(57-58(70)46(34-49)38-69-57)32-41-30-44(42-16-8-7-9-17-42)33-45(31-41)43-22-28-75-29-23-43/h30-31,33,38-39,42-43,48-50,52-53,59-61,69,72,74H,7-11,14-29,32,34-37,40H2,1-6H3. The zero-order valence-corrected chi connectivity index (χ0v) is 47.2. The summed E-state index contributed by atoms with van der Waals surface area (Å²) in [6, 6.07) is 7.65. The molecule has 2 aromatic heterocycles. The molecule has 0 amide bonds. The first-order chi connectivity index (χ1) is 36.5. The van der Waals surface area contributed by atoms with Gasteiger partial charge in [-0.05, 0) is 176 Å². The topological polar surface area (TPSA) is 117 Å². The molecule has 11 aliphatic rings. The van der Waals surface area contributed by atoms with Gasteiger partial charge in [-0.15, -0.1) is 11.8 Å². The summed E-state index contributed by atoms with van der Waals surface area (Å²) in [5, 5.41) is 27.1. The van der Waals surface area contributed by atoms with E-state index >= 15 is 9.59 Å². The molecule has 76 heavy (non-hydrogen) atoms. The number of carbonyl (C=O) groups excluding carboxylic acids is 2. The van der Waals surface area contributed by atoms with Crippen molar-refractivity contribution in [3.63, 3.8) is 0 Å². The van der Waals surface area contributed by atoms with E-state index in [0.717, 1.165) is 95.8 Å². The van der Waals surface area contributed by atoms with E-state index in [1.165, 1.54) is 89.4 Å². The van der Waals surface area contributed by atoms with Crippen LogP contribution in [0.2, 0.25) is 0 Å². The number of fused-ring (bicyclic) bond motifs is 4. The summed E-state index contributed by atoms with van der Waals surface area (Å²) < 4.78 is 14.7. The van der Waals surface area contributed by atoms with Gasteiger partial charge in [0.1, 0.15) is 11.9 Å². The Morgan fingerprint density at radius 2 is 1.51 bits per heavy atom. The van der Waals surface area contributed by atoms with Crippen molar-refractivity contribution in [3.05, 3.63) is 69.6 Å². The van der Waals surface area contributed by atoms with Crippen LogP contribution in [-0.2, 0) is 38.4 Å². The predicted octanol–water partition coefficient (Wildman–Crippen LogP) is 13.4. The molecule has 8 fully saturated rings. The molecule has 3 N–H and O–H groups in total. The third kappa shape index (κ3) is 7.07. The second kappa shape index (κ2) is 17.8. The predicted molar refractivity (Wildman–Crippen MR) is 298 cm³/mol. The number of aliphatic hydroxyl groups is 2. The van der Waals surface area contributed by atoms with Crippen molar-refractivity contribution >= 4 is 22.6 Å². The number of nitrogens with one attached hydrogen (secondary N) is 1. The molecule has 2 spiro atoms. The second-order valence-electron chi connectivity index (χ2n) is 29.4. The molecule has 8 nitrogen and oxygen atoms in total. The SMILES string of the molecule is CC1(C)OC1C(O)CC1(C)C2=C3C4Cn5cc(Cc6cc(C7CCCCC7)cc(C7CCOCC7)c6)c6[nH]cc(c65)CC1CC#CCC1(CCC5C(C)(C6CCCC6)C(=O)CC6(CCCC6)C5(C)C1C4O)C3(C)CC2=O. The van der Waals surface area contributed by atoms with Crippen molar-refractivity contribution in [2.45, 2.75) is 238 Å². The fourth-order valence-electron chi connectivity index (χ4n) is 21.9. The maximum atomic E-state index is 16.1. The van der Waals surface area contributed by atoms with Crippen molar-refractivity contribution in [2.75, 3.05) is 13.2 Å². The smallest absolute Gasteiger partial charge is 0.160 e. The highest BCUT2D eigenvalue weighted by atomic mass is 16.6. The highest BCUT2D eigenvalue weighted by Crippen LogP contribution is 2.82. The Hall–Kier alpha value is -3.48. The Morgan fingerprint density at radius 3 is 2.22 bits per heavy atom. The number of Topliss-reactive ketones (excluding diaryl/α,β-unsaturated/α-hetero) is 2. The van der Waals surface area contributed by atoms with Gasteiger partial charge in [-0.25, -0.2) is 0 Å². The summed E-state index contributed by atoms with van der Waals surface area (Å²) in [6.07, 6.45) is 26.6. The number of ketones is 2. The third-order valence-corrected chi connectivity index (χ3v) is 25.8. The van der Waals surface area contributed by atoms with Crippen molar-refractivity contribution in [1.29, 1.82) is 0 Å². The largest absolute Gasteiger partial charge is 0.392 e. The number of ether oxygens (including phenoxy) is 2. The van der Waals surface area contributed by atoms with E-state index in [9.17, 15) is 10.2 Å². The zero-order valence-electron chi connectivity index (χ0n) is 47.2. The van der Waals surface area contributed by atoms with E-state index < -0.39 is 39.5 Å². The van der Waals surface area contributed by atoms with Crippen LogP contribution in [0.4, 0.5) is 0 Å². The first-order valence-electron chi connectivity index (χ1n) is 31.2. The quantitative estimate of drug-likeness (QED) is 0.153. The van der Waals surface area contributed by atoms with Gasteiger partial charge in [0.2, 0.25) is 0 Å². The fourth-order valence-corrected chi connectivity index (χ4v) is 21.9. The lowest BCUT2D eigenvalue weighted by Crippen LogP contribution is -2.73. The summed E-state index contributed by atoms with van der Waals surface area (Å²) in [5.74, 6) is 9.66. The molecular weight excluding hydrogens is 941 g/mol. The second-order valence-corrected chi connectivity index (χ2v) is 29.4. The molecule has 14 rings (SSSR count). The average molecular weight is 1030 g/mol. The summed E-state index contributed by atoms with van der Waals surface area (Å²) in [6.45, 7) is 16.2. The molecule has 3 aromatic rings. The van der Waals surface area contributed by atoms with Crippen LogP contribution in [0.5, 0.6) is 0 Å². The van der Waals surface area contributed by atoms with Crippen LogP contribution < -0.4 is 0 Å². The minimum Gasteiger partial charge on any atom is -0.392 e. The Morgan fingerprint density at radius 1 is 0.816 bits per heavy atom. The number of aliphatic hydroxyl groups excluding tert-OH is 2. The molecule has 3 aliphatic heterocycles. The number of epoxide rings is 1. The van der Waals surface area contributed by atoms with E-state index in [-0.39, 0.29) is 46.4 Å². The van der Waals surface area contributed by atoms with Crippen LogP contribution in [0.15, 0.2) is 41.7 Å². The van der Waals surface area contributed by atoms with Crippen molar-refractivity contribution in [3.8, 4) is 11.8 Å². The molecule has 408 valence electrons. The Kier molecular flexibility index (Phi) is 11.9. The van der Waals surface area contributed by atoms with Crippen molar-refractivity contribution in [2.24, 2.45) is 62.1 Å². The highest BCUT2D eigenvalue weighted by Gasteiger charge is 2.79. The van der Waals surface area contributed by atoms with Gasteiger partial charge in [-0.3, -0.25) is 9.59 Å². The van der Waals surface area contributed by atoms with Gasteiger partial charge in [-0.1, -0.05) is 90.8 Å². The van der Waals surface area contributed by atoms with Crippen molar-refractivity contribution < 1.29 is 29.3 Å². The number of aromatic nitrogens is 2. The number of nitrogens with zero attached hydrogens (tertiary/aromatic N) is 1. The van der Waals surface area contributed by atoms with Crippen LogP contribution in [0.1, 0.15) is 222 Å². The lowest BCUT2D eigenvalue weighted by atomic mass is 9.28. The van der Waals surface area contributed by atoms with Crippen molar-refractivity contribution in [1.82, 2.24) is 9.55 Å². The van der Waals surface area contributed by atoms with E-state index in [1.54, 1.807) is 0 Å². The number of allylic oxidation sites excluding steroid dienone is 1. The highest BCUT2D eigenvalue weighted by molar-refractivity contribution is 6.02. The molecule has 6 saturated carbocycles. The van der Waals surface area contributed by atoms with Gasteiger partial charge in [0.25, 0.3) is 0 Å². The summed E-state index contributed by atoms with van der Waals surface area (Å²) in [5.41, 5.74) is 8.24. The molecule has 5 heterocycles. The van der Waals surface area contributed by atoms with Gasteiger partial charge in [0.05, 0.1) is 28.8 Å². The monoisotopic (exact) mass is 1030 g/mol. The van der Waals surface area contributed by atoms with Gasteiger partial charge in [0, 0.05) is 92.0 Å². The Balaban J connectivity index is 0.968. The Labute approximate surface area is 454 Å². The minimum atomic E-state index is -0.760. The fraction of sp³-hybridized carbons (Fsp3) is 0.735. The number of H-pyrrole nitrogens is 1. The summed E-state index contributed by atoms with van der Waals surface area (Å²) >= 11 is 0. The summed E-state index contributed by atoms with van der Waals surface area (Å²) in [4.78, 5) is 35.4. The maximum absolute atomic E-state index is 16.1.